The van der Waals surface area contributed by atoms with Gasteiger partial charge in [0.05, 0.1) is 6.26 Å². The normalized spacial score (nSPS) is 14.4. The number of hydrogen-bond donors (Lipinski definition) is 1. The minimum Gasteiger partial charge on any atom is -0.469 e. The van der Waals surface area contributed by atoms with E-state index in [1.165, 1.54) is 29.7 Å². The zero-order valence-electron chi connectivity index (χ0n) is 13.0. The van der Waals surface area contributed by atoms with Crippen LogP contribution in [0, 0.1) is 13.8 Å². The molecule has 1 aliphatic carbocycles. The molecule has 0 unspecified atom stereocenters. The van der Waals surface area contributed by atoms with Crippen molar-refractivity contribution in [3.05, 3.63) is 47.2 Å². The lowest BCUT2D eigenvalue weighted by Gasteiger charge is -2.23. The van der Waals surface area contributed by atoms with Crippen molar-refractivity contribution >= 4 is 5.69 Å². The first kappa shape index (κ1) is 14.1. The van der Waals surface area contributed by atoms with Crippen LogP contribution in [0.1, 0.15) is 35.4 Å². The topological polar surface area (TPSA) is 41.3 Å². The van der Waals surface area contributed by atoms with Gasteiger partial charge in [-0.1, -0.05) is 0 Å². The van der Waals surface area contributed by atoms with Crippen molar-refractivity contribution in [3.8, 4) is 0 Å². The largest absolute Gasteiger partial charge is 0.469 e. The average molecular weight is 285 g/mol. The smallest absolute Gasteiger partial charge is 0.105 e. The molecule has 2 aromatic rings. The summed E-state index contributed by atoms with van der Waals surface area (Å²) in [6.45, 7) is 5.79. The monoisotopic (exact) mass is 285 g/mol. The first-order valence-corrected chi connectivity index (χ1v) is 7.56. The lowest BCUT2D eigenvalue weighted by atomic mass is 10.1. The first-order chi connectivity index (χ1) is 10.1. The number of aromatic nitrogens is 1. The molecule has 4 heteroatoms. The number of furan rings is 1. The minimum atomic E-state index is 0.709. The fourth-order valence-electron chi connectivity index (χ4n) is 2.52. The van der Waals surface area contributed by atoms with Crippen molar-refractivity contribution in [2.24, 2.45) is 0 Å². The number of nitrogens with zero attached hydrogens (tertiary/aromatic N) is 2. The van der Waals surface area contributed by atoms with Crippen LogP contribution in [0.4, 0.5) is 5.69 Å². The lowest BCUT2D eigenvalue weighted by Crippen LogP contribution is -2.22. The molecule has 0 amide bonds. The van der Waals surface area contributed by atoms with Crippen molar-refractivity contribution < 1.29 is 4.42 Å². The number of aryl methyl sites for hydroxylation is 2. The molecule has 4 nitrogen and oxygen atoms in total. The summed E-state index contributed by atoms with van der Waals surface area (Å²) >= 11 is 0. The van der Waals surface area contributed by atoms with Gasteiger partial charge < -0.3 is 14.6 Å². The van der Waals surface area contributed by atoms with Crippen LogP contribution in [0.15, 0.2) is 29.0 Å². The maximum absolute atomic E-state index is 5.39. The zero-order chi connectivity index (χ0) is 14.8. The molecule has 2 aromatic heterocycles. The Hall–Kier alpha value is -1.81. The highest BCUT2D eigenvalue weighted by Gasteiger charge is 2.21. The maximum atomic E-state index is 5.39. The van der Waals surface area contributed by atoms with E-state index in [0.29, 0.717) is 6.04 Å². The number of anilines is 1. The summed E-state index contributed by atoms with van der Waals surface area (Å²) in [4.78, 5) is 6.72. The molecule has 0 spiro atoms. The highest BCUT2D eigenvalue weighted by molar-refractivity contribution is 5.53. The third-order valence-electron chi connectivity index (χ3n) is 4.04. The highest BCUT2D eigenvalue weighted by atomic mass is 16.3. The Morgan fingerprint density at radius 2 is 2.14 bits per heavy atom. The van der Waals surface area contributed by atoms with E-state index < -0.39 is 0 Å². The fourth-order valence-corrected chi connectivity index (χ4v) is 2.52. The highest BCUT2D eigenvalue weighted by Crippen LogP contribution is 2.25. The predicted octanol–water partition coefficient (Wildman–Crippen LogP) is 3.18. The molecule has 0 radical (unpaired) electrons. The van der Waals surface area contributed by atoms with E-state index in [2.05, 4.69) is 28.3 Å². The van der Waals surface area contributed by atoms with Crippen molar-refractivity contribution in [1.29, 1.82) is 0 Å². The van der Waals surface area contributed by atoms with Crippen LogP contribution in [-0.2, 0) is 13.1 Å². The maximum Gasteiger partial charge on any atom is 0.105 e. The summed E-state index contributed by atoms with van der Waals surface area (Å²) in [6, 6.07) is 4.92. The molecule has 2 heterocycles. The lowest BCUT2D eigenvalue weighted by molar-refractivity contribution is 0.529. The molecule has 3 rings (SSSR count). The van der Waals surface area contributed by atoms with Crippen molar-refractivity contribution in [2.75, 3.05) is 11.9 Å². The third-order valence-corrected chi connectivity index (χ3v) is 4.04. The second-order valence-corrected chi connectivity index (χ2v) is 5.97. The molecule has 0 atom stereocenters. The van der Waals surface area contributed by atoms with E-state index in [1.54, 1.807) is 6.26 Å². The van der Waals surface area contributed by atoms with Gasteiger partial charge >= 0.3 is 0 Å². The Morgan fingerprint density at radius 1 is 1.33 bits per heavy atom. The number of hydrogen-bond acceptors (Lipinski definition) is 4. The second kappa shape index (κ2) is 5.90. The molecule has 1 N–H and O–H groups in total. The van der Waals surface area contributed by atoms with Crippen LogP contribution in [0.5, 0.6) is 0 Å². The molecule has 0 bridgehead atoms. The third kappa shape index (κ3) is 3.45. The van der Waals surface area contributed by atoms with E-state index >= 15 is 0 Å². The number of rotatable bonds is 6. The van der Waals surface area contributed by atoms with Gasteiger partial charge in [-0.15, -0.1) is 0 Å². The van der Waals surface area contributed by atoms with Crippen LogP contribution in [0.2, 0.25) is 0 Å². The van der Waals surface area contributed by atoms with E-state index in [4.69, 9.17) is 4.42 Å². The Morgan fingerprint density at radius 3 is 2.81 bits per heavy atom. The van der Waals surface area contributed by atoms with Crippen LogP contribution < -0.4 is 10.2 Å². The van der Waals surface area contributed by atoms with Gasteiger partial charge in [-0.2, -0.15) is 0 Å². The van der Waals surface area contributed by atoms with E-state index in [1.807, 2.05) is 26.1 Å². The zero-order valence-corrected chi connectivity index (χ0v) is 13.0. The summed E-state index contributed by atoms with van der Waals surface area (Å²) in [6.07, 6.45) is 6.36. The molecule has 0 saturated heterocycles. The second-order valence-electron chi connectivity index (χ2n) is 5.97. The van der Waals surface area contributed by atoms with E-state index in [-0.39, 0.29) is 0 Å². The van der Waals surface area contributed by atoms with Crippen molar-refractivity contribution in [3.63, 3.8) is 0 Å². The SMILES string of the molecule is Cc1cc(N(C)Cc2ccoc2C)c(CNC2CC2)cn1. The molecular formula is C17H23N3O. The van der Waals surface area contributed by atoms with Gasteiger partial charge in [0.25, 0.3) is 0 Å². The van der Waals surface area contributed by atoms with Crippen LogP contribution in [-0.4, -0.2) is 18.1 Å². The van der Waals surface area contributed by atoms with Gasteiger partial charge in [-0.25, -0.2) is 0 Å². The van der Waals surface area contributed by atoms with Gasteiger partial charge in [0.15, 0.2) is 0 Å². The molecule has 0 aliphatic heterocycles. The van der Waals surface area contributed by atoms with Gasteiger partial charge in [0, 0.05) is 54.9 Å². The van der Waals surface area contributed by atoms with Gasteiger partial charge in [0.1, 0.15) is 5.76 Å². The summed E-state index contributed by atoms with van der Waals surface area (Å²) in [7, 11) is 2.13. The molecule has 21 heavy (non-hydrogen) atoms. The molecule has 112 valence electrons. The summed E-state index contributed by atoms with van der Waals surface area (Å²) in [5, 5.41) is 3.57. The molecule has 1 fully saturated rings. The number of nitrogens with one attached hydrogen (secondary N) is 1. The van der Waals surface area contributed by atoms with Crippen molar-refractivity contribution in [1.82, 2.24) is 10.3 Å². The van der Waals surface area contributed by atoms with Crippen molar-refractivity contribution in [2.45, 2.75) is 45.8 Å². The predicted molar refractivity (Wildman–Crippen MR) is 84.4 cm³/mol. The fraction of sp³-hybridized carbons (Fsp3) is 0.471. The average Bonchev–Trinajstić information content (AvgIpc) is 3.21. The van der Waals surface area contributed by atoms with Gasteiger partial charge in [-0.3, -0.25) is 4.98 Å². The first-order valence-electron chi connectivity index (χ1n) is 7.56. The Balaban J connectivity index is 1.77. The quantitative estimate of drug-likeness (QED) is 0.885. The molecule has 1 saturated carbocycles. The van der Waals surface area contributed by atoms with Crippen LogP contribution >= 0.6 is 0 Å². The minimum absolute atomic E-state index is 0.709. The molecule has 0 aromatic carbocycles. The summed E-state index contributed by atoms with van der Waals surface area (Å²) in [5.74, 6) is 0.991. The Labute approximate surface area is 126 Å². The summed E-state index contributed by atoms with van der Waals surface area (Å²) in [5.41, 5.74) is 4.79. The van der Waals surface area contributed by atoms with Crippen LogP contribution in [0.25, 0.3) is 0 Å². The van der Waals surface area contributed by atoms with Gasteiger partial charge in [0.2, 0.25) is 0 Å². The molecule has 1 aliphatic rings. The number of pyridine rings is 1. The summed E-state index contributed by atoms with van der Waals surface area (Å²) < 4.78 is 5.39. The van der Waals surface area contributed by atoms with Gasteiger partial charge in [-0.05, 0) is 38.8 Å². The van der Waals surface area contributed by atoms with E-state index in [0.717, 1.165) is 24.5 Å². The Kier molecular flexibility index (Phi) is 3.97. The molecular weight excluding hydrogens is 262 g/mol. The Bertz CT molecular complexity index is 616. The van der Waals surface area contributed by atoms with E-state index in [9.17, 15) is 0 Å². The van der Waals surface area contributed by atoms with Crippen LogP contribution in [0.3, 0.4) is 0 Å². The standard InChI is InChI=1S/C17H23N3O/c1-12-8-17(15(9-18-12)10-19-16-4-5-16)20(3)11-14-6-7-21-13(14)2/h6-9,16,19H,4-5,10-11H2,1-3H3.